The van der Waals surface area contributed by atoms with Gasteiger partial charge in [-0.15, -0.1) is 0 Å². The summed E-state index contributed by atoms with van der Waals surface area (Å²) in [5, 5.41) is 41.4. The van der Waals surface area contributed by atoms with Crippen LogP contribution in [-0.2, 0) is 27.1 Å². The molecule has 35 heavy (non-hydrogen) atoms. The third kappa shape index (κ3) is 6.29. The number of amides is 1. The van der Waals surface area contributed by atoms with E-state index in [2.05, 4.69) is 5.32 Å². The molecule has 2 aromatic rings. The van der Waals surface area contributed by atoms with Gasteiger partial charge in [-0.1, -0.05) is 41.9 Å². The van der Waals surface area contributed by atoms with Crippen molar-refractivity contribution in [2.45, 2.75) is 44.1 Å². The summed E-state index contributed by atoms with van der Waals surface area (Å²) in [6, 6.07) is 8.65. The van der Waals surface area contributed by atoms with Crippen LogP contribution in [0.2, 0.25) is 5.02 Å². The molecule has 0 spiro atoms. The second-order valence-electron chi connectivity index (χ2n) is 8.19. The average molecular weight is 508 g/mol. The van der Waals surface area contributed by atoms with E-state index in [1.54, 1.807) is 37.3 Å². The van der Waals surface area contributed by atoms with Crippen LogP contribution in [0.15, 0.2) is 36.4 Å². The first kappa shape index (κ1) is 26.4. The van der Waals surface area contributed by atoms with Crippen molar-refractivity contribution in [3.8, 4) is 5.75 Å². The number of aromatic hydroxyl groups is 1. The lowest BCUT2D eigenvalue weighted by Crippen LogP contribution is -2.45. The van der Waals surface area contributed by atoms with Crippen molar-refractivity contribution in [1.29, 1.82) is 0 Å². The number of hydrogen-bond acceptors (Lipinski definition) is 9. The number of nitrogens with one attached hydrogen (secondary N) is 1. The molecule has 1 aliphatic heterocycles. The lowest BCUT2D eigenvalue weighted by atomic mass is 9.95. The summed E-state index contributed by atoms with van der Waals surface area (Å²) < 4.78 is 10.2. The molecule has 0 saturated heterocycles. The van der Waals surface area contributed by atoms with Gasteiger partial charge in [-0.05, 0) is 24.1 Å². The number of cyclic esters (lactones) is 1. The molecule has 2 aromatic carbocycles. The summed E-state index contributed by atoms with van der Waals surface area (Å²) >= 11 is 6.29. The van der Waals surface area contributed by atoms with Crippen molar-refractivity contribution < 1.29 is 44.3 Å². The summed E-state index contributed by atoms with van der Waals surface area (Å²) in [6.07, 6.45) is -3.23. The van der Waals surface area contributed by atoms with Gasteiger partial charge in [0, 0.05) is 17.9 Å². The molecule has 0 unspecified atom stereocenters. The zero-order valence-electron chi connectivity index (χ0n) is 18.8. The highest BCUT2D eigenvalue weighted by atomic mass is 35.5. The van der Waals surface area contributed by atoms with Gasteiger partial charge in [0.2, 0.25) is 0 Å². The first-order chi connectivity index (χ1) is 16.6. The molecule has 0 bridgehead atoms. The maximum atomic E-state index is 13.1. The third-order valence-corrected chi connectivity index (χ3v) is 5.84. The lowest BCUT2D eigenvalue weighted by molar-refractivity contribution is -0.152. The van der Waals surface area contributed by atoms with Gasteiger partial charge in [-0.3, -0.25) is 4.79 Å². The van der Waals surface area contributed by atoms with E-state index in [-0.39, 0.29) is 29.0 Å². The van der Waals surface area contributed by atoms with Crippen LogP contribution in [0.1, 0.15) is 38.8 Å². The Morgan fingerprint density at radius 3 is 2.57 bits per heavy atom. The van der Waals surface area contributed by atoms with Crippen LogP contribution in [-0.4, -0.2) is 75.8 Å². The Balaban J connectivity index is 1.85. The monoisotopic (exact) mass is 507 g/mol. The predicted octanol–water partition coefficient (Wildman–Crippen LogP) is 0.745. The Hall–Kier alpha value is -3.18. The third-order valence-electron chi connectivity index (χ3n) is 5.50. The van der Waals surface area contributed by atoms with Crippen LogP contribution in [0, 0.1) is 0 Å². The molecular weight excluding hydrogens is 482 g/mol. The highest BCUT2D eigenvalue weighted by Crippen LogP contribution is 2.36. The minimum absolute atomic E-state index is 0.00303. The highest BCUT2D eigenvalue weighted by molar-refractivity contribution is 6.32. The number of fused-ring (bicyclic) bond motifs is 1. The maximum Gasteiger partial charge on any atom is 0.342 e. The number of aliphatic hydroxyl groups excluding tert-OH is 3. The van der Waals surface area contributed by atoms with E-state index in [1.807, 2.05) is 0 Å². The number of phenols is 1. The Morgan fingerprint density at radius 1 is 1.23 bits per heavy atom. The molecule has 1 heterocycles. The Kier molecular flexibility index (Phi) is 8.68. The fourth-order valence-corrected chi connectivity index (χ4v) is 3.90. The van der Waals surface area contributed by atoms with Gasteiger partial charge in [0.05, 0.1) is 12.2 Å². The number of esters is 2. The number of carbonyl (C=O) groups excluding carboxylic acids is 3. The summed E-state index contributed by atoms with van der Waals surface area (Å²) in [6.45, 7) is 0.315. The Bertz CT molecular complexity index is 1090. The fraction of sp³-hybridized carbons (Fsp3) is 0.375. The molecule has 0 fully saturated rings. The second kappa shape index (κ2) is 11.5. The Morgan fingerprint density at radius 2 is 1.91 bits per heavy atom. The van der Waals surface area contributed by atoms with E-state index in [9.17, 15) is 29.7 Å². The van der Waals surface area contributed by atoms with Crippen molar-refractivity contribution in [1.82, 2.24) is 5.32 Å². The smallest absolute Gasteiger partial charge is 0.342 e. The molecule has 10 nitrogen and oxygen atoms in total. The number of hydrogen-bond donors (Lipinski definition) is 5. The van der Waals surface area contributed by atoms with Crippen molar-refractivity contribution in [3.05, 3.63) is 63.7 Å². The molecule has 5 N–H and O–H groups in total. The molecule has 4 atom stereocenters. The van der Waals surface area contributed by atoms with Crippen LogP contribution in [0.25, 0.3) is 0 Å². The summed E-state index contributed by atoms with van der Waals surface area (Å²) in [5.41, 5.74) is 0.503. The highest BCUT2D eigenvalue weighted by Gasteiger charge is 2.33. The molecule has 0 radical (unpaired) electrons. The van der Waals surface area contributed by atoms with Crippen LogP contribution < -0.4 is 5.32 Å². The molecule has 188 valence electrons. The van der Waals surface area contributed by atoms with E-state index < -0.39 is 61.2 Å². The molecule has 11 heteroatoms. The van der Waals surface area contributed by atoms with Crippen molar-refractivity contribution >= 4 is 29.4 Å². The van der Waals surface area contributed by atoms with Gasteiger partial charge in [0.1, 0.15) is 42.3 Å². The molecule has 1 amide bonds. The largest absolute Gasteiger partial charge is 0.506 e. The van der Waals surface area contributed by atoms with Crippen LogP contribution in [0.5, 0.6) is 5.75 Å². The first-order valence-electron chi connectivity index (χ1n) is 10.9. The van der Waals surface area contributed by atoms with Crippen molar-refractivity contribution in [3.63, 3.8) is 0 Å². The number of carbonyl (C=O) groups is 3. The van der Waals surface area contributed by atoms with E-state index in [0.29, 0.717) is 11.1 Å². The maximum absolute atomic E-state index is 13.1. The van der Waals surface area contributed by atoms with Gasteiger partial charge in [-0.2, -0.15) is 0 Å². The second-order valence-corrected chi connectivity index (χ2v) is 8.60. The summed E-state index contributed by atoms with van der Waals surface area (Å²) in [4.78, 5) is 38.1. The van der Waals surface area contributed by atoms with Crippen LogP contribution in [0.3, 0.4) is 0 Å². The van der Waals surface area contributed by atoms with Gasteiger partial charge in [0.25, 0.3) is 5.91 Å². The lowest BCUT2D eigenvalue weighted by Gasteiger charge is -2.25. The fourth-order valence-electron chi connectivity index (χ4n) is 3.62. The SMILES string of the molecule is C[C@H]1Cc2c(Cl)cc(C(=O)N[C@H](Cc3ccccc3)C(=O)OC[C@@H](O)[C@H](O)CO)c(O)c2C(=O)O1. The number of benzene rings is 2. The normalized spacial score (nSPS) is 17.5. The zero-order chi connectivity index (χ0) is 25.7. The standard InChI is InChI=1S/C24H26ClNO9/c1-12-7-14-16(25)9-15(21(30)20(14)24(33)35-12)22(31)26-17(8-13-5-3-2-4-6-13)23(32)34-11-19(29)18(28)10-27/h2-6,9,12,17-19,27-30H,7-8,10-11H2,1H3,(H,26,31)/t12-,17+,18+,19+/m0/s1. The first-order valence-corrected chi connectivity index (χ1v) is 11.2. The Labute approximate surface area is 206 Å². The molecule has 1 aliphatic rings. The summed E-state index contributed by atoms with van der Waals surface area (Å²) in [5.74, 6) is -3.26. The molecule has 3 rings (SSSR count). The number of phenolic OH excluding ortho intramolecular Hbond substituents is 1. The quantitative estimate of drug-likeness (QED) is 0.308. The number of halogens is 1. The molecular formula is C24H26ClNO9. The summed E-state index contributed by atoms with van der Waals surface area (Å²) in [7, 11) is 0. The average Bonchev–Trinajstić information content (AvgIpc) is 2.83. The van der Waals surface area contributed by atoms with E-state index in [4.69, 9.17) is 26.2 Å². The van der Waals surface area contributed by atoms with E-state index in [0.717, 1.165) is 0 Å². The van der Waals surface area contributed by atoms with Crippen molar-refractivity contribution in [2.24, 2.45) is 0 Å². The van der Waals surface area contributed by atoms with E-state index in [1.165, 1.54) is 6.07 Å². The van der Waals surface area contributed by atoms with Crippen molar-refractivity contribution in [2.75, 3.05) is 13.2 Å². The minimum atomic E-state index is -1.53. The molecule has 0 saturated carbocycles. The van der Waals surface area contributed by atoms with Crippen LogP contribution in [0.4, 0.5) is 0 Å². The predicted molar refractivity (Wildman–Crippen MR) is 123 cm³/mol. The topological polar surface area (TPSA) is 163 Å². The number of rotatable bonds is 9. The number of ether oxygens (including phenoxy) is 2. The van der Waals surface area contributed by atoms with Gasteiger partial charge in [-0.25, -0.2) is 9.59 Å². The molecule has 0 aliphatic carbocycles. The zero-order valence-corrected chi connectivity index (χ0v) is 19.6. The minimum Gasteiger partial charge on any atom is -0.506 e. The van der Waals surface area contributed by atoms with Gasteiger partial charge >= 0.3 is 11.9 Å². The van der Waals surface area contributed by atoms with Gasteiger partial charge in [0.15, 0.2) is 0 Å². The van der Waals surface area contributed by atoms with E-state index >= 15 is 0 Å². The number of aliphatic hydroxyl groups is 3. The molecule has 0 aromatic heterocycles. The van der Waals surface area contributed by atoms with Gasteiger partial charge < -0.3 is 35.2 Å². The van der Waals surface area contributed by atoms with Crippen LogP contribution >= 0.6 is 11.6 Å².